The van der Waals surface area contributed by atoms with Crippen LogP contribution in [0.15, 0.2) is 48.8 Å². The van der Waals surface area contributed by atoms with Crippen LogP contribution in [0.2, 0.25) is 5.15 Å². The van der Waals surface area contributed by atoms with Crippen molar-refractivity contribution in [1.29, 1.82) is 0 Å². The maximum absolute atomic E-state index is 13.6. The number of fused-ring (bicyclic) bond motifs is 2. The van der Waals surface area contributed by atoms with Crippen LogP contribution in [0, 0.1) is 0 Å². The molecule has 0 fully saturated rings. The lowest BCUT2D eigenvalue weighted by atomic mass is 9.97. The summed E-state index contributed by atoms with van der Waals surface area (Å²) < 4.78 is 27.2. The van der Waals surface area contributed by atoms with Crippen molar-refractivity contribution in [3.05, 3.63) is 58.8 Å². The molecule has 0 aliphatic heterocycles. The molecule has 0 radical (unpaired) electrons. The van der Waals surface area contributed by atoms with Gasteiger partial charge in [0.1, 0.15) is 16.3 Å². The van der Waals surface area contributed by atoms with Crippen LogP contribution >= 0.6 is 22.9 Å². The third-order valence-electron chi connectivity index (χ3n) is 3.73. The van der Waals surface area contributed by atoms with Crippen molar-refractivity contribution in [2.24, 2.45) is 0 Å². The first-order valence-electron chi connectivity index (χ1n) is 6.86. The molecule has 4 rings (SSSR count). The summed E-state index contributed by atoms with van der Waals surface area (Å²) in [7, 11) is 0. The van der Waals surface area contributed by atoms with Crippen molar-refractivity contribution in [2.75, 3.05) is 0 Å². The van der Waals surface area contributed by atoms with Gasteiger partial charge in [-0.15, -0.1) is 11.3 Å². The van der Waals surface area contributed by atoms with Crippen molar-refractivity contribution in [1.82, 2.24) is 9.97 Å². The van der Waals surface area contributed by atoms with Gasteiger partial charge in [0.25, 0.3) is 6.43 Å². The van der Waals surface area contributed by atoms with E-state index in [4.69, 9.17) is 11.6 Å². The Morgan fingerprint density at radius 2 is 1.78 bits per heavy atom. The molecule has 0 aliphatic carbocycles. The van der Waals surface area contributed by atoms with Gasteiger partial charge >= 0.3 is 0 Å². The molecule has 0 bridgehead atoms. The van der Waals surface area contributed by atoms with Crippen LogP contribution in [0.1, 0.15) is 11.3 Å². The Kier molecular flexibility index (Phi) is 3.47. The average Bonchev–Trinajstić information content (AvgIpc) is 2.95. The largest absolute Gasteiger partial charge is 0.273 e. The van der Waals surface area contributed by atoms with Gasteiger partial charge in [0.15, 0.2) is 0 Å². The summed E-state index contributed by atoms with van der Waals surface area (Å²) in [6, 6.07) is 13.3. The summed E-state index contributed by atoms with van der Waals surface area (Å²) in [5.74, 6) is 0. The normalized spacial score (nSPS) is 11.7. The van der Waals surface area contributed by atoms with E-state index >= 15 is 0 Å². The van der Waals surface area contributed by atoms with Crippen LogP contribution in [-0.4, -0.2) is 9.97 Å². The van der Waals surface area contributed by atoms with Gasteiger partial charge in [-0.05, 0) is 16.3 Å². The minimum Gasteiger partial charge on any atom is -0.225 e. The zero-order valence-corrected chi connectivity index (χ0v) is 13.2. The number of aromatic nitrogens is 2. The lowest BCUT2D eigenvalue weighted by molar-refractivity contribution is 0.156. The van der Waals surface area contributed by atoms with Gasteiger partial charge in [0.05, 0.1) is 10.3 Å². The molecule has 0 N–H and O–H groups in total. The monoisotopic (exact) mass is 346 g/mol. The summed E-state index contributed by atoms with van der Waals surface area (Å²) >= 11 is 7.16. The first kappa shape index (κ1) is 14.5. The van der Waals surface area contributed by atoms with E-state index in [0.29, 0.717) is 15.8 Å². The number of alkyl halides is 2. The molecule has 0 saturated heterocycles. The van der Waals surface area contributed by atoms with Crippen LogP contribution in [0.25, 0.3) is 32.1 Å². The molecule has 0 spiro atoms. The predicted octanol–water partition coefficient (Wildman–Crippen LogP) is 6.10. The highest BCUT2D eigenvalue weighted by molar-refractivity contribution is 7.19. The summed E-state index contributed by atoms with van der Waals surface area (Å²) in [6.07, 6.45) is -1.30. The average molecular weight is 347 g/mol. The van der Waals surface area contributed by atoms with E-state index in [1.807, 2.05) is 42.5 Å². The van der Waals surface area contributed by atoms with Gasteiger partial charge in [-0.3, -0.25) is 0 Å². The first-order valence-corrected chi connectivity index (χ1v) is 8.05. The van der Waals surface area contributed by atoms with E-state index in [-0.39, 0.29) is 10.0 Å². The maximum Gasteiger partial charge on any atom is 0.273 e. The Labute approximate surface area is 139 Å². The molecule has 2 heterocycles. The van der Waals surface area contributed by atoms with Crippen LogP contribution in [-0.2, 0) is 0 Å². The number of halogens is 3. The van der Waals surface area contributed by atoms with Crippen molar-refractivity contribution in [2.45, 2.75) is 6.43 Å². The van der Waals surface area contributed by atoms with E-state index in [1.54, 1.807) is 0 Å². The van der Waals surface area contributed by atoms with Gasteiger partial charge in [0.2, 0.25) is 0 Å². The third-order valence-corrected chi connectivity index (χ3v) is 5.12. The SMILES string of the molecule is FC(F)c1sc2ncnc(Cl)c2c1-c1cccc2ccccc12. The Morgan fingerprint density at radius 1 is 1.00 bits per heavy atom. The van der Waals surface area contributed by atoms with Gasteiger partial charge in [-0.1, -0.05) is 54.1 Å². The van der Waals surface area contributed by atoms with Crippen LogP contribution in [0.3, 0.4) is 0 Å². The Morgan fingerprint density at radius 3 is 2.61 bits per heavy atom. The summed E-state index contributed by atoms with van der Waals surface area (Å²) in [5, 5.41) is 2.57. The van der Waals surface area contributed by atoms with Gasteiger partial charge in [0, 0.05) is 5.56 Å². The summed E-state index contributed by atoms with van der Waals surface area (Å²) in [6.45, 7) is 0. The summed E-state index contributed by atoms with van der Waals surface area (Å²) in [4.78, 5) is 8.51. The standard InChI is InChI=1S/C17H9ClF2N2S/c18-15-13-12(14(16(19)20)23-17(13)22-8-21-15)11-7-3-5-9-4-1-2-6-10(9)11/h1-8,16H. The molecule has 4 aromatic rings. The number of hydrogen-bond donors (Lipinski definition) is 0. The van der Waals surface area contributed by atoms with Gasteiger partial charge in [-0.25, -0.2) is 18.7 Å². The third kappa shape index (κ3) is 2.28. The van der Waals surface area contributed by atoms with E-state index in [9.17, 15) is 8.78 Å². The smallest absolute Gasteiger partial charge is 0.225 e. The zero-order valence-electron chi connectivity index (χ0n) is 11.6. The zero-order chi connectivity index (χ0) is 16.0. The number of thiophene rings is 1. The number of hydrogen-bond acceptors (Lipinski definition) is 3. The lowest BCUT2D eigenvalue weighted by Gasteiger charge is -2.09. The molecule has 114 valence electrons. The molecule has 2 nitrogen and oxygen atoms in total. The molecule has 2 aromatic carbocycles. The fraction of sp³-hybridized carbons (Fsp3) is 0.0588. The quantitative estimate of drug-likeness (QED) is 0.410. The fourth-order valence-corrected chi connectivity index (χ4v) is 4.08. The van der Waals surface area contributed by atoms with Crippen molar-refractivity contribution >= 4 is 43.9 Å². The minimum absolute atomic E-state index is 0.0289. The van der Waals surface area contributed by atoms with E-state index < -0.39 is 6.43 Å². The Bertz CT molecular complexity index is 1020. The molecule has 2 aromatic heterocycles. The van der Waals surface area contributed by atoms with Crippen LogP contribution in [0.4, 0.5) is 8.78 Å². The van der Waals surface area contributed by atoms with Crippen LogP contribution < -0.4 is 0 Å². The molecule has 0 unspecified atom stereocenters. The van der Waals surface area contributed by atoms with Crippen molar-refractivity contribution < 1.29 is 8.78 Å². The predicted molar refractivity (Wildman–Crippen MR) is 90.3 cm³/mol. The first-order chi connectivity index (χ1) is 11.2. The highest BCUT2D eigenvalue weighted by Crippen LogP contribution is 2.46. The maximum atomic E-state index is 13.6. The van der Waals surface area contributed by atoms with Gasteiger partial charge < -0.3 is 0 Å². The highest BCUT2D eigenvalue weighted by atomic mass is 35.5. The fourth-order valence-electron chi connectivity index (χ4n) is 2.78. The highest BCUT2D eigenvalue weighted by Gasteiger charge is 2.24. The molecule has 0 atom stereocenters. The molecule has 6 heteroatoms. The number of nitrogens with zero attached hydrogens (tertiary/aromatic N) is 2. The van der Waals surface area contributed by atoms with Crippen molar-refractivity contribution in [3.8, 4) is 11.1 Å². The van der Waals surface area contributed by atoms with E-state index in [2.05, 4.69) is 9.97 Å². The molecule has 0 saturated carbocycles. The Hall–Kier alpha value is -2.11. The second-order valence-corrected chi connectivity index (χ2v) is 6.40. The Balaban J connectivity index is 2.17. The molecular weight excluding hydrogens is 338 g/mol. The van der Waals surface area contributed by atoms with Gasteiger partial charge in [-0.2, -0.15) is 0 Å². The molecule has 0 amide bonds. The lowest BCUT2D eigenvalue weighted by Crippen LogP contribution is -1.88. The van der Waals surface area contributed by atoms with E-state index in [0.717, 1.165) is 27.7 Å². The topological polar surface area (TPSA) is 25.8 Å². The summed E-state index contributed by atoms with van der Waals surface area (Å²) in [5.41, 5.74) is 1.16. The molecule has 23 heavy (non-hydrogen) atoms. The number of benzene rings is 2. The number of rotatable bonds is 2. The minimum atomic E-state index is -2.60. The van der Waals surface area contributed by atoms with E-state index in [1.165, 1.54) is 6.33 Å². The van der Waals surface area contributed by atoms with Crippen LogP contribution in [0.5, 0.6) is 0 Å². The molecule has 0 aliphatic rings. The van der Waals surface area contributed by atoms with Crippen molar-refractivity contribution in [3.63, 3.8) is 0 Å². The second-order valence-electron chi connectivity index (χ2n) is 5.01. The second kappa shape index (κ2) is 5.51. The molecular formula is C17H9ClF2N2S.